The number of rotatable bonds is 1. The summed E-state index contributed by atoms with van der Waals surface area (Å²) in [7, 11) is 0. The SMILES string of the molecule is Cc1cccc(S(=O)O)c1N. The van der Waals surface area contributed by atoms with E-state index in [-0.39, 0.29) is 4.90 Å². The number of anilines is 1. The topological polar surface area (TPSA) is 63.3 Å². The van der Waals surface area contributed by atoms with Gasteiger partial charge in [0.25, 0.3) is 0 Å². The van der Waals surface area contributed by atoms with Crippen molar-refractivity contribution in [2.24, 2.45) is 0 Å². The van der Waals surface area contributed by atoms with Crippen molar-refractivity contribution in [1.82, 2.24) is 0 Å². The van der Waals surface area contributed by atoms with E-state index in [1.807, 2.05) is 0 Å². The Morgan fingerprint density at radius 2 is 2.18 bits per heavy atom. The van der Waals surface area contributed by atoms with Crippen LogP contribution in [0, 0.1) is 6.92 Å². The zero-order valence-electron chi connectivity index (χ0n) is 6.07. The Kier molecular flexibility index (Phi) is 2.26. The predicted molar refractivity (Wildman–Crippen MR) is 44.6 cm³/mol. The predicted octanol–water partition coefficient (Wildman–Crippen LogP) is 1.16. The van der Waals surface area contributed by atoms with E-state index in [9.17, 15) is 4.21 Å². The van der Waals surface area contributed by atoms with Crippen LogP contribution in [0.5, 0.6) is 0 Å². The maximum Gasteiger partial charge on any atom is 0.188 e. The van der Waals surface area contributed by atoms with Gasteiger partial charge in [0.15, 0.2) is 11.1 Å². The van der Waals surface area contributed by atoms with Crippen LogP contribution in [0.2, 0.25) is 0 Å². The lowest BCUT2D eigenvalue weighted by atomic mass is 10.2. The Hall–Kier alpha value is -0.870. The monoisotopic (exact) mass is 171 g/mol. The molecule has 0 amide bonds. The van der Waals surface area contributed by atoms with Crippen molar-refractivity contribution in [3.05, 3.63) is 23.8 Å². The van der Waals surface area contributed by atoms with Crippen molar-refractivity contribution in [3.63, 3.8) is 0 Å². The molecule has 1 rings (SSSR count). The van der Waals surface area contributed by atoms with Gasteiger partial charge in [-0.2, -0.15) is 0 Å². The average Bonchev–Trinajstić information content (AvgIpc) is 1.94. The molecule has 0 aliphatic rings. The van der Waals surface area contributed by atoms with Crippen LogP contribution in [0.25, 0.3) is 0 Å². The van der Waals surface area contributed by atoms with Crippen LogP contribution < -0.4 is 5.73 Å². The number of benzene rings is 1. The molecule has 0 bridgehead atoms. The summed E-state index contributed by atoms with van der Waals surface area (Å²) in [5, 5.41) is 0. The van der Waals surface area contributed by atoms with E-state index in [0.717, 1.165) is 5.56 Å². The van der Waals surface area contributed by atoms with Gasteiger partial charge in [0.1, 0.15) is 0 Å². The van der Waals surface area contributed by atoms with Gasteiger partial charge >= 0.3 is 0 Å². The van der Waals surface area contributed by atoms with Gasteiger partial charge in [-0.25, -0.2) is 4.21 Å². The molecule has 0 aliphatic heterocycles. The highest BCUT2D eigenvalue weighted by Crippen LogP contribution is 2.18. The molecule has 0 saturated carbocycles. The molecule has 0 radical (unpaired) electrons. The van der Waals surface area contributed by atoms with E-state index in [2.05, 4.69) is 0 Å². The Labute approximate surface area is 67.5 Å². The van der Waals surface area contributed by atoms with E-state index in [0.29, 0.717) is 5.69 Å². The van der Waals surface area contributed by atoms with E-state index in [4.69, 9.17) is 10.3 Å². The first-order chi connectivity index (χ1) is 5.13. The normalized spacial score (nSPS) is 12.9. The van der Waals surface area contributed by atoms with Crippen LogP contribution in [0.3, 0.4) is 0 Å². The van der Waals surface area contributed by atoms with E-state index in [1.54, 1.807) is 25.1 Å². The quantitative estimate of drug-likeness (QED) is 0.492. The summed E-state index contributed by atoms with van der Waals surface area (Å²) < 4.78 is 19.3. The molecular formula is C7H9NO2S. The molecule has 1 unspecified atom stereocenters. The van der Waals surface area contributed by atoms with Gasteiger partial charge in [-0.05, 0) is 18.6 Å². The molecule has 4 heteroatoms. The molecule has 0 fully saturated rings. The summed E-state index contributed by atoms with van der Waals surface area (Å²) >= 11 is -1.98. The lowest BCUT2D eigenvalue weighted by Crippen LogP contribution is -1.98. The zero-order valence-corrected chi connectivity index (χ0v) is 6.89. The van der Waals surface area contributed by atoms with Crippen molar-refractivity contribution < 1.29 is 8.76 Å². The minimum absolute atomic E-state index is 0.282. The summed E-state index contributed by atoms with van der Waals surface area (Å²) in [5.74, 6) is 0. The number of aryl methyl sites for hydroxylation is 1. The Balaban J connectivity index is 3.27. The third-order valence-electron chi connectivity index (χ3n) is 1.47. The molecule has 0 aliphatic carbocycles. The molecule has 60 valence electrons. The number of hydrogen-bond acceptors (Lipinski definition) is 2. The second-order valence-electron chi connectivity index (χ2n) is 2.24. The van der Waals surface area contributed by atoms with Crippen LogP contribution in [0.1, 0.15) is 5.56 Å². The minimum atomic E-state index is -1.98. The summed E-state index contributed by atoms with van der Waals surface area (Å²) in [6.07, 6.45) is 0. The molecule has 1 atom stereocenters. The molecule has 3 nitrogen and oxygen atoms in total. The van der Waals surface area contributed by atoms with Crippen LogP contribution >= 0.6 is 0 Å². The number of nitrogen functional groups attached to an aromatic ring is 1. The summed E-state index contributed by atoms with van der Waals surface area (Å²) in [5.41, 5.74) is 6.75. The first kappa shape index (κ1) is 8.23. The molecular weight excluding hydrogens is 162 g/mol. The number of hydrogen-bond donors (Lipinski definition) is 2. The second-order valence-corrected chi connectivity index (χ2v) is 3.17. The van der Waals surface area contributed by atoms with Crippen molar-refractivity contribution in [2.45, 2.75) is 11.8 Å². The van der Waals surface area contributed by atoms with Gasteiger partial charge in [-0.15, -0.1) is 0 Å². The lowest BCUT2D eigenvalue weighted by molar-refractivity contribution is 0.565. The maximum absolute atomic E-state index is 10.6. The fourth-order valence-electron chi connectivity index (χ4n) is 0.806. The van der Waals surface area contributed by atoms with Crippen molar-refractivity contribution in [3.8, 4) is 0 Å². The molecule has 0 saturated heterocycles. The molecule has 0 spiro atoms. The third kappa shape index (κ3) is 1.58. The smallest absolute Gasteiger partial charge is 0.188 e. The van der Waals surface area contributed by atoms with Gasteiger partial charge in [0, 0.05) is 0 Å². The van der Waals surface area contributed by atoms with E-state index < -0.39 is 11.1 Å². The third-order valence-corrected chi connectivity index (χ3v) is 2.20. The van der Waals surface area contributed by atoms with Crippen LogP contribution in [-0.2, 0) is 11.1 Å². The van der Waals surface area contributed by atoms with Gasteiger partial charge < -0.3 is 10.3 Å². The van der Waals surface area contributed by atoms with Gasteiger partial charge in [-0.1, -0.05) is 12.1 Å². The fourth-order valence-corrected chi connectivity index (χ4v) is 1.35. The van der Waals surface area contributed by atoms with E-state index >= 15 is 0 Å². The highest BCUT2D eigenvalue weighted by Gasteiger charge is 2.05. The van der Waals surface area contributed by atoms with Gasteiger partial charge in [0.05, 0.1) is 10.6 Å². The Morgan fingerprint density at radius 3 is 2.64 bits per heavy atom. The molecule has 1 aromatic rings. The molecule has 0 heterocycles. The molecule has 0 aromatic heterocycles. The molecule has 1 aromatic carbocycles. The Morgan fingerprint density at radius 1 is 1.55 bits per heavy atom. The second kappa shape index (κ2) is 3.02. The summed E-state index contributed by atoms with van der Waals surface area (Å²) in [4.78, 5) is 0.282. The van der Waals surface area contributed by atoms with E-state index in [1.165, 1.54) is 0 Å². The number of para-hydroxylation sites is 1. The van der Waals surface area contributed by atoms with Crippen molar-refractivity contribution in [2.75, 3.05) is 5.73 Å². The highest BCUT2D eigenvalue weighted by atomic mass is 32.2. The standard InChI is InChI=1S/C7H9NO2S/c1-5-3-2-4-6(7(5)8)11(9)10/h2-4H,8H2,1H3,(H,9,10). The average molecular weight is 171 g/mol. The first-order valence-electron chi connectivity index (χ1n) is 3.09. The van der Waals surface area contributed by atoms with Gasteiger partial charge in [-0.3, -0.25) is 0 Å². The number of nitrogens with two attached hydrogens (primary N) is 1. The fraction of sp³-hybridized carbons (Fsp3) is 0.143. The zero-order chi connectivity index (χ0) is 8.43. The largest absolute Gasteiger partial charge is 0.397 e. The first-order valence-corrected chi connectivity index (χ1v) is 4.19. The summed E-state index contributed by atoms with van der Waals surface area (Å²) in [6.45, 7) is 1.80. The summed E-state index contributed by atoms with van der Waals surface area (Å²) in [6, 6.07) is 5.04. The van der Waals surface area contributed by atoms with Crippen molar-refractivity contribution in [1.29, 1.82) is 0 Å². The van der Waals surface area contributed by atoms with Crippen molar-refractivity contribution >= 4 is 16.8 Å². The van der Waals surface area contributed by atoms with Crippen LogP contribution in [-0.4, -0.2) is 8.76 Å². The maximum atomic E-state index is 10.6. The van der Waals surface area contributed by atoms with Crippen LogP contribution in [0.4, 0.5) is 5.69 Å². The Bertz CT molecular complexity index is 298. The van der Waals surface area contributed by atoms with Gasteiger partial charge in [0.2, 0.25) is 0 Å². The highest BCUT2D eigenvalue weighted by molar-refractivity contribution is 7.79. The molecule has 3 N–H and O–H groups in total. The lowest BCUT2D eigenvalue weighted by Gasteiger charge is -2.02. The minimum Gasteiger partial charge on any atom is -0.397 e. The molecule has 11 heavy (non-hydrogen) atoms. The van der Waals surface area contributed by atoms with Crippen LogP contribution in [0.15, 0.2) is 23.1 Å².